The third-order valence-corrected chi connectivity index (χ3v) is 4.62. The van der Waals surface area contributed by atoms with Crippen LogP contribution in [0.25, 0.3) is 10.9 Å². The van der Waals surface area contributed by atoms with Crippen LogP contribution in [-0.2, 0) is 0 Å². The molecule has 0 radical (unpaired) electrons. The van der Waals surface area contributed by atoms with E-state index in [9.17, 15) is 4.79 Å². The van der Waals surface area contributed by atoms with Crippen molar-refractivity contribution in [3.63, 3.8) is 0 Å². The van der Waals surface area contributed by atoms with Crippen molar-refractivity contribution in [3.8, 4) is 0 Å². The van der Waals surface area contributed by atoms with E-state index in [4.69, 9.17) is 0 Å². The summed E-state index contributed by atoms with van der Waals surface area (Å²) in [4.78, 5) is 29.3. The molecule has 0 bridgehead atoms. The Morgan fingerprint density at radius 1 is 1.00 bits per heavy atom. The van der Waals surface area contributed by atoms with Crippen LogP contribution >= 0.6 is 0 Å². The molecule has 1 saturated heterocycles. The van der Waals surface area contributed by atoms with Gasteiger partial charge in [0, 0.05) is 43.8 Å². The molecular formula is C18H21N7O. The smallest absolute Gasteiger partial charge is 0.267 e. The van der Waals surface area contributed by atoms with Crippen molar-refractivity contribution in [2.24, 2.45) is 0 Å². The van der Waals surface area contributed by atoms with E-state index >= 15 is 0 Å². The Kier molecular flexibility index (Phi) is 4.24. The molecule has 0 spiro atoms. The lowest BCUT2D eigenvalue weighted by molar-refractivity contribution is 0.497. The fraction of sp³-hybridized carbons (Fsp3) is 0.389. The summed E-state index contributed by atoms with van der Waals surface area (Å²) in [6.45, 7) is 7.23. The van der Waals surface area contributed by atoms with Crippen molar-refractivity contribution < 1.29 is 0 Å². The van der Waals surface area contributed by atoms with Crippen LogP contribution in [0.3, 0.4) is 0 Å². The average Bonchev–Trinajstić information content (AvgIpc) is 2.68. The van der Waals surface area contributed by atoms with Gasteiger partial charge in [0.1, 0.15) is 18.0 Å². The van der Waals surface area contributed by atoms with Gasteiger partial charge in [-0.1, -0.05) is 0 Å². The molecule has 134 valence electrons. The minimum absolute atomic E-state index is 0.0460. The van der Waals surface area contributed by atoms with Gasteiger partial charge in [0.15, 0.2) is 0 Å². The van der Waals surface area contributed by atoms with Gasteiger partial charge in [-0.25, -0.2) is 14.6 Å². The first-order valence-electron chi connectivity index (χ1n) is 8.78. The molecule has 0 saturated carbocycles. The van der Waals surface area contributed by atoms with E-state index in [2.05, 4.69) is 29.9 Å². The van der Waals surface area contributed by atoms with E-state index in [1.165, 1.54) is 4.68 Å². The maximum Gasteiger partial charge on any atom is 0.267 e. The van der Waals surface area contributed by atoms with E-state index in [0.717, 1.165) is 48.7 Å². The van der Waals surface area contributed by atoms with E-state index in [1.54, 1.807) is 24.8 Å². The molecular weight excluding hydrogens is 330 g/mol. The Balaban J connectivity index is 1.54. The van der Waals surface area contributed by atoms with Gasteiger partial charge in [-0.3, -0.25) is 9.78 Å². The molecule has 0 unspecified atom stereocenters. The van der Waals surface area contributed by atoms with Crippen molar-refractivity contribution >= 4 is 22.5 Å². The summed E-state index contributed by atoms with van der Waals surface area (Å²) in [7, 11) is 0. The van der Waals surface area contributed by atoms with Crippen molar-refractivity contribution in [2.75, 3.05) is 36.0 Å². The summed E-state index contributed by atoms with van der Waals surface area (Å²) in [6.07, 6.45) is 5.12. The highest BCUT2D eigenvalue weighted by Gasteiger charge is 2.21. The quantitative estimate of drug-likeness (QED) is 0.707. The van der Waals surface area contributed by atoms with Gasteiger partial charge in [-0.15, -0.1) is 0 Å². The zero-order valence-corrected chi connectivity index (χ0v) is 14.9. The summed E-state index contributed by atoms with van der Waals surface area (Å²) < 4.78 is 1.53. The molecule has 3 aromatic rings. The Morgan fingerprint density at radius 3 is 2.54 bits per heavy atom. The predicted octanol–water partition coefficient (Wildman–Crippen LogP) is 1.49. The number of nitrogens with zero attached hydrogens (tertiary/aromatic N) is 7. The van der Waals surface area contributed by atoms with Crippen molar-refractivity contribution in [1.29, 1.82) is 0 Å². The van der Waals surface area contributed by atoms with E-state index in [-0.39, 0.29) is 11.6 Å². The normalized spacial score (nSPS) is 15.0. The topological polar surface area (TPSA) is 80.0 Å². The van der Waals surface area contributed by atoms with Gasteiger partial charge in [-0.2, -0.15) is 5.10 Å². The summed E-state index contributed by atoms with van der Waals surface area (Å²) >= 11 is 0. The number of hydrogen-bond donors (Lipinski definition) is 0. The summed E-state index contributed by atoms with van der Waals surface area (Å²) in [5.74, 6) is 1.78. The number of pyridine rings is 1. The second-order valence-electron chi connectivity index (χ2n) is 6.63. The van der Waals surface area contributed by atoms with Crippen LogP contribution in [0.1, 0.15) is 19.9 Å². The second-order valence-corrected chi connectivity index (χ2v) is 6.63. The minimum Gasteiger partial charge on any atom is -0.352 e. The van der Waals surface area contributed by atoms with Crippen LogP contribution in [0.4, 0.5) is 11.6 Å². The lowest BCUT2D eigenvalue weighted by Gasteiger charge is -2.36. The fourth-order valence-electron chi connectivity index (χ4n) is 3.25. The van der Waals surface area contributed by atoms with Crippen LogP contribution in [0, 0.1) is 0 Å². The first-order chi connectivity index (χ1) is 12.6. The molecule has 4 rings (SSSR count). The van der Waals surface area contributed by atoms with Crippen LogP contribution in [0.15, 0.2) is 41.7 Å². The van der Waals surface area contributed by atoms with Gasteiger partial charge < -0.3 is 9.80 Å². The zero-order chi connectivity index (χ0) is 18.1. The average molecular weight is 351 g/mol. The highest BCUT2D eigenvalue weighted by Crippen LogP contribution is 2.23. The Bertz CT molecular complexity index is 971. The molecule has 0 aromatic carbocycles. The molecule has 0 aliphatic carbocycles. The summed E-state index contributed by atoms with van der Waals surface area (Å²) in [5, 5.41) is 5.54. The van der Waals surface area contributed by atoms with Crippen LogP contribution in [0.2, 0.25) is 0 Å². The summed E-state index contributed by atoms with van der Waals surface area (Å²) in [5.41, 5.74) is 0.786. The van der Waals surface area contributed by atoms with Gasteiger partial charge in [0.05, 0.1) is 17.8 Å². The standard InChI is InChI=1S/C18H21N7O/c1-13(2)25-17(26)4-3-16(22-25)23-7-9-24(10-8-23)18-14-5-6-19-11-15(14)20-12-21-18/h3-6,11-13H,7-10H2,1-2H3. The molecule has 4 heterocycles. The SMILES string of the molecule is CC(C)n1nc(N2CCN(c3ncnc4cnccc34)CC2)ccc1=O. The van der Waals surface area contributed by atoms with Gasteiger partial charge in [-0.05, 0) is 26.0 Å². The van der Waals surface area contributed by atoms with Crippen LogP contribution in [-0.4, -0.2) is 50.9 Å². The third-order valence-electron chi connectivity index (χ3n) is 4.62. The molecule has 8 nitrogen and oxygen atoms in total. The highest BCUT2D eigenvalue weighted by atomic mass is 16.1. The van der Waals surface area contributed by atoms with E-state index < -0.39 is 0 Å². The molecule has 26 heavy (non-hydrogen) atoms. The first kappa shape index (κ1) is 16.4. The predicted molar refractivity (Wildman–Crippen MR) is 101 cm³/mol. The largest absolute Gasteiger partial charge is 0.352 e. The number of hydrogen-bond acceptors (Lipinski definition) is 7. The molecule has 3 aromatic heterocycles. The molecule has 0 amide bonds. The first-order valence-corrected chi connectivity index (χ1v) is 8.78. The van der Waals surface area contributed by atoms with Crippen molar-refractivity contribution in [2.45, 2.75) is 19.9 Å². The number of fused-ring (bicyclic) bond motifs is 1. The number of anilines is 2. The van der Waals surface area contributed by atoms with E-state index in [1.807, 2.05) is 26.0 Å². The minimum atomic E-state index is -0.0662. The molecule has 0 atom stereocenters. The van der Waals surface area contributed by atoms with Crippen LogP contribution < -0.4 is 15.4 Å². The Morgan fingerprint density at radius 2 is 1.77 bits per heavy atom. The van der Waals surface area contributed by atoms with E-state index in [0.29, 0.717) is 0 Å². The Labute approximate surface area is 151 Å². The third kappa shape index (κ3) is 2.98. The van der Waals surface area contributed by atoms with Crippen molar-refractivity contribution in [1.82, 2.24) is 24.7 Å². The number of aromatic nitrogens is 5. The van der Waals surface area contributed by atoms with Gasteiger partial charge >= 0.3 is 0 Å². The lowest BCUT2D eigenvalue weighted by Crippen LogP contribution is -2.47. The van der Waals surface area contributed by atoms with Gasteiger partial charge in [0.25, 0.3) is 5.56 Å². The maximum absolute atomic E-state index is 11.9. The fourth-order valence-corrected chi connectivity index (χ4v) is 3.25. The molecule has 1 fully saturated rings. The molecule has 8 heteroatoms. The van der Waals surface area contributed by atoms with Gasteiger partial charge in [0.2, 0.25) is 0 Å². The Hall–Kier alpha value is -3.03. The number of piperazine rings is 1. The lowest BCUT2D eigenvalue weighted by atomic mass is 10.2. The van der Waals surface area contributed by atoms with Crippen molar-refractivity contribution in [3.05, 3.63) is 47.3 Å². The molecule has 1 aliphatic heterocycles. The zero-order valence-electron chi connectivity index (χ0n) is 14.9. The van der Waals surface area contributed by atoms with Crippen LogP contribution in [0.5, 0.6) is 0 Å². The monoisotopic (exact) mass is 351 g/mol. The maximum atomic E-state index is 11.9. The number of rotatable bonds is 3. The molecule has 1 aliphatic rings. The summed E-state index contributed by atoms with van der Waals surface area (Å²) in [6, 6.07) is 5.41. The molecule has 0 N–H and O–H groups in total. The highest BCUT2D eigenvalue weighted by molar-refractivity contribution is 5.88. The second kappa shape index (κ2) is 6.70.